The van der Waals surface area contributed by atoms with Gasteiger partial charge in [-0.25, -0.2) is 4.39 Å². The number of rotatable bonds is 13. The Morgan fingerprint density at radius 2 is 1.61 bits per heavy atom. The molecule has 1 atom stereocenters. The number of carbonyl (C=O) groups excluding carboxylic acids is 3. The Balaban J connectivity index is 3.47. The van der Waals surface area contributed by atoms with Gasteiger partial charge in [-0.2, -0.15) is 11.8 Å². The maximum absolute atomic E-state index is 12.1. The monoisotopic (exact) mass is 351 g/mol. The van der Waals surface area contributed by atoms with Gasteiger partial charge >= 0.3 is 0 Å². The number of carbonyl (C=O) groups is 3. The van der Waals surface area contributed by atoms with Crippen molar-refractivity contribution in [2.45, 2.75) is 18.9 Å². The molecule has 10 heteroatoms. The van der Waals surface area contributed by atoms with E-state index in [0.717, 1.165) is 0 Å². The predicted octanol–water partition coefficient (Wildman–Crippen LogP) is -1.90. The van der Waals surface area contributed by atoms with Crippen molar-refractivity contribution >= 4 is 29.5 Å². The quantitative estimate of drug-likeness (QED) is 0.246. The first-order valence-corrected chi connectivity index (χ1v) is 8.54. The Bertz CT molecular complexity index is 374. The molecule has 0 aliphatic heterocycles. The van der Waals surface area contributed by atoms with Crippen molar-refractivity contribution in [2.75, 3.05) is 44.4 Å². The third-order valence-corrected chi connectivity index (χ3v) is 3.66. The van der Waals surface area contributed by atoms with E-state index < -0.39 is 12.7 Å². The lowest BCUT2D eigenvalue weighted by Crippen LogP contribution is -2.37. The van der Waals surface area contributed by atoms with E-state index in [0.29, 0.717) is 31.8 Å². The van der Waals surface area contributed by atoms with Crippen molar-refractivity contribution in [3.8, 4) is 0 Å². The Morgan fingerprint density at radius 3 is 2.22 bits per heavy atom. The van der Waals surface area contributed by atoms with Crippen LogP contribution < -0.4 is 27.4 Å². The lowest BCUT2D eigenvalue weighted by Gasteiger charge is -2.08. The maximum atomic E-state index is 12.1. The van der Waals surface area contributed by atoms with Gasteiger partial charge in [0.05, 0.1) is 12.3 Å². The molecule has 7 N–H and O–H groups in total. The van der Waals surface area contributed by atoms with E-state index in [1.165, 1.54) is 11.8 Å². The maximum Gasteiger partial charge on any atom is 0.233 e. The van der Waals surface area contributed by atoms with E-state index in [4.69, 9.17) is 11.5 Å². The molecule has 0 spiro atoms. The molecule has 3 amide bonds. The van der Waals surface area contributed by atoms with Crippen LogP contribution in [0.1, 0.15) is 12.8 Å². The van der Waals surface area contributed by atoms with E-state index >= 15 is 0 Å². The van der Waals surface area contributed by atoms with Crippen molar-refractivity contribution in [1.29, 1.82) is 0 Å². The Labute approximate surface area is 139 Å². The van der Waals surface area contributed by atoms with Gasteiger partial charge in [0.15, 0.2) is 0 Å². The molecule has 134 valence electrons. The summed E-state index contributed by atoms with van der Waals surface area (Å²) in [5.74, 6) is 0.177. The van der Waals surface area contributed by atoms with E-state index in [9.17, 15) is 18.8 Å². The van der Waals surface area contributed by atoms with Crippen LogP contribution in [0.15, 0.2) is 0 Å². The van der Waals surface area contributed by atoms with E-state index in [2.05, 4.69) is 16.0 Å². The van der Waals surface area contributed by atoms with Gasteiger partial charge in [-0.3, -0.25) is 14.4 Å². The summed E-state index contributed by atoms with van der Waals surface area (Å²) < 4.78 is 12.1. The molecule has 0 aliphatic rings. The molecule has 0 aromatic rings. The van der Waals surface area contributed by atoms with Gasteiger partial charge in [-0.1, -0.05) is 0 Å². The number of thioether (sulfide) groups is 1. The third-order valence-electron chi connectivity index (χ3n) is 2.70. The summed E-state index contributed by atoms with van der Waals surface area (Å²) >= 11 is 1.34. The van der Waals surface area contributed by atoms with E-state index in [-0.39, 0.29) is 36.4 Å². The zero-order chi connectivity index (χ0) is 17.5. The predicted molar refractivity (Wildman–Crippen MR) is 88.6 cm³/mol. The largest absolute Gasteiger partial charge is 0.355 e. The van der Waals surface area contributed by atoms with Gasteiger partial charge in [0, 0.05) is 37.8 Å². The molecule has 8 nitrogen and oxygen atoms in total. The van der Waals surface area contributed by atoms with Crippen molar-refractivity contribution in [2.24, 2.45) is 11.5 Å². The highest BCUT2D eigenvalue weighted by atomic mass is 32.2. The molecule has 0 bridgehead atoms. The van der Waals surface area contributed by atoms with Crippen LogP contribution in [-0.2, 0) is 14.4 Å². The first kappa shape index (κ1) is 21.6. The minimum Gasteiger partial charge on any atom is -0.355 e. The first-order chi connectivity index (χ1) is 11.0. The summed E-state index contributed by atoms with van der Waals surface area (Å²) in [6.45, 7) is 0.338. The number of nitrogens with one attached hydrogen (secondary N) is 3. The second-order valence-electron chi connectivity index (χ2n) is 4.76. The van der Waals surface area contributed by atoms with Gasteiger partial charge in [0.25, 0.3) is 0 Å². The molecule has 0 radical (unpaired) electrons. The van der Waals surface area contributed by atoms with Crippen molar-refractivity contribution < 1.29 is 18.8 Å². The van der Waals surface area contributed by atoms with E-state index in [1.54, 1.807) is 0 Å². The van der Waals surface area contributed by atoms with Crippen molar-refractivity contribution in [3.63, 3.8) is 0 Å². The van der Waals surface area contributed by atoms with Gasteiger partial charge in [0.2, 0.25) is 17.7 Å². The molecule has 0 heterocycles. The average Bonchev–Trinajstić information content (AvgIpc) is 2.55. The summed E-state index contributed by atoms with van der Waals surface area (Å²) in [5, 5.41) is 7.81. The molecular weight excluding hydrogens is 325 g/mol. The summed E-state index contributed by atoms with van der Waals surface area (Å²) in [5.41, 5.74) is 10.5. The molecule has 1 unspecified atom stereocenters. The van der Waals surface area contributed by atoms with Gasteiger partial charge in [-0.15, -0.1) is 0 Å². The van der Waals surface area contributed by atoms with Crippen LogP contribution in [-0.4, -0.2) is 68.1 Å². The molecule has 0 saturated carbocycles. The highest BCUT2D eigenvalue weighted by molar-refractivity contribution is 7.99. The van der Waals surface area contributed by atoms with Crippen LogP contribution in [0.5, 0.6) is 0 Å². The second-order valence-corrected chi connectivity index (χ2v) is 5.86. The zero-order valence-electron chi connectivity index (χ0n) is 13.1. The molecule has 0 aromatic heterocycles. The number of amides is 3. The highest BCUT2D eigenvalue weighted by Crippen LogP contribution is 2.01. The standard InChI is InChI=1S/C13H26FN5O3S/c14-7-10(16)1-3-17-13(22)9-23-6-2-11(20)18-4-5-19-12(21)8-15/h10H,1-9,15-16H2,(H,17,22)(H,18,20)(H,19,21). The van der Waals surface area contributed by atoms with Gasteiger partial charge in [0.1, 0.15) is 6.67 Å². The summed E-state index contributed by atoms with van der Waals surface area (Å²) in [6.07, 6.45) is 0.686. The second kappa shape index (κ2) is 14.2. The Hall–Kier alpha value is -1.39. The summed E-state index contributed by atoms with van der Waals surface area (Å²) in [7, 11) is 0. The van der Waals surface area contributed by atoms with Crippen molar-refractivity contribution in [1.82, 2.24) is 16.0 Å². The van der Waals surface area contributed by atoms with Gasteiger partial charge in [-0.05, 0) is 6.42 Å². The lowest BCUT2D eigenvalue weighted by molar-refractivity contribution is -0.122. The minimum atomic E-state index is -0.602. The molecule has 0 aromatic carbocycles. The fraction of sp³-hybridized carbons (Fsp3) is 0.769. The summed E-state index contributed by atoms with van der Waals surface area (Å²) in [6, 6.07) is -0.540. The van der Waals surface area contributed by atoms with Crippen LogP contribution in [0.4, 0.5) is 4.39 Å². The van der Waals surface area contributed by atoms with Crippen LogP contribution in [0.2, 0.25) is 0 Å². The van der Waals surface area contributed by atoms with E-state index in [1.807, 2.05) is 0 Å². The number of hydrogen-bond donors (Lipinski definition) is 5. The van der Waals surface area contributed by atoms with Crippen LogP contribution in [0.25, 0.3) is 0 Å². The third kappa shape index (κ3) is 14.0. The van der Waals surface area contributed by atoms with Crippen molar-refractivity contribution in [3.05, 3.63) is 0 Å². The lowest BCUT2D eigenvalue weighted by atomic mass is 10.2. The molecular formula is C13H26FN5O3S. The average molecular weight is 351 g/mol. The molecule has 0 aliphatic carbocycles. The normalized spacial score (nSPS) is 11.6. The van der Waals surface area contributed by atoms with Crippen LogP contribution in [0, 0.1) is 0 Å². The Kier molecular flexibility index (Phi) is 13.4. The minimum absolute atomic E-state index is 0.0770. The number of hydrogen-bond acceptors (Lipinski definition) is 6. The summed E-state index contributed by atoms with van der Waals surface area (Å²) in [4.78, 5) is 33.8. The molecule has 0 fully saturated rings. The molecule has 0 saturated heterocycles. The number of nitrogens with two attached hydrogens (primary N) is 2. The fourth-order valence-electron chi connectivity index (χ4n) is 1.42. The number of halogens is 1. The molecule has 0 rings (SSSR count). The topological polar surface area (TPSA) is 139 Å². The highest BCUT2D eigenvalue weighted by Gasteiger charge is 2.06. The number of alkyl halides is 1. The first-order valence-electron chi connectivity index (χ1n) is 7.39. The zero-order valence-corrected chi connectivity index (χ0v) is 13.9. The molecule has 23 heavy (non-hydrogen) atoms. The SMILES string of the molecule is NCC(=O)NCCNC(=O)CCSCC(=O)NCCC(N)CF. The van der Waals surface area contributed by atoms with Crippen LogP contribution >= 0.6 is 11.8 Å². The fourth-order valence-corrected chi connectivity index (χ4v) is 2.18. The van der Waals surface area contributed by atoms with Gasteiger partial charge < -0.3 is 27.4 Å². The van der Waals surface area contributed by atoms with Crippen LogP contribution in [0.3, 0.4) is 0 Å². The Morgan fingerprint density at radius 1 is 1.00 bits per heavy atom. The smallest absolute Gasteiger partial charge is 0.233 e.